The molecule has 0 aliphatic carbocycles. The van der Waals surface area contributed by atoms with Gasteiger partial charge in [-0.3, -0.25) is 4.68 Å². The van der Waals surface area contributed by atoms with Crippen LogP contribution in [0.4, 0.5) is 0 Å². The highest BCUT2D eigenvalue weighted by Crippen LogP contribution is 2.32. The van der Waals surface area contributed by atoms with E-state index in [1.165, 1.54) is 0 Å². The zero-order valence-electron chi connectivity index (χ0n) is 14.3. The van der Waals surface area contributed by atoms with Crippen LogP contribution in [0, 0.1) is 22.7 Å². The molecule has 0 spiro atoms. The van der Waals surface area contributed by atoms with Gasteiger partial charge in [-0.1, -0.05) is 42.5 Å². The Hall–Kier alpha value is -3.83. The van der Waals surface area contributed by atoms with Gasteiger partial charge in [-0.15, -0.1) is 0 Å². The zero-order chi connectivity index (χ0) is 18.4. The van der Waals surface area contributed by atoms with Crippen LogP contribution in [0.2, 0.25) is 0 Å². The lowest BCUT2D eigenvalue weighted by molar-refractivity contribution is 0.416. The summed E-state index contributed by atoms with van der Waals surface area (Å²) in [5.74, 6) is 0.683. The summed E-state index contributed by atoms with van der Waals surface area (Å²) in [6.07, 6.45) is 3.39. The van der Waals surface area contributed by atoms with E-state index in [1.54, 1.807) is 17.9 Å². The third-order valence-electron chi connectivity index (χ3n) is 3.88. The van der Waals surface area contributed by atoms with Crippen LogP contribution in [0.3, 0.4) is 0 Å². The van der Waals surface area contributed by atoms with Gasteiger partial charge in [0.05, 0.1) is 13.7 Å². The maximum Gasteiger partial charge on any atom is 0.130 e. The topological polar surface area (TPSA) is 74.6 Å². The molecule has 0 saturated carbocycles. The lowest BCUT2D eigenvalue weighted by Gasteiger charge is -2.06. The quantitative estimate of drug-likeness (QED) is 0.657. The minimum atomic E-state index is 0.0282. The first kappa shape index (κ1) is 17.0. The molecule has 0 radical (unpaired) electrons. The smallest absolute Gasteiger partial charge is 0.130 e. The van der Waals surface area contributed by atoms with E-state index in [2.05, 4.69) is 5.10 Å². The Morgan fingerprint density at radius 2 is 1.77 bits per heavy atom. The minimum absolute atomic E-state index is 0.0282. The number of hydrogen-bond donors (Lipinski definition) is 0. The Balaban J connectivity index is 2.11. The van der Waals surface area contributed by atoms with Crippen molar-refractivity contribution in [1.82, 2.24) is 9.78 Å². The number of para-hydroxylation sites is 1. The third kappa shape index (κ3) is 3.63. The Kier molecular flexibility index (Phi) is 5.12. The summed E-state index contributed by atoms with van der Waals surface area (Å²) in [5.41, 5.74) is 3.31. The number of hydrogen-bond acceptors (Lipinski definition) is 4. The van der Waals surface area contributed by atoms with Gasteiger partial charge in [-0.05, 0) is 23.8 Å². The number of nitriles is 2. The highest BCUT2D eigenvalue weighted by Gasteiger charge is 2.15. The molecule has 0 N–H and O–H groups in total. The molecule has 0 fully saturated rings. The lowest BCUT2D eigenvalue weighted by Crippen LogP contribution is -2.00. The van der Waals surface area contributed by atoms with E-state index < -0.39 is 0 Å². The van der Waals surface area contributed by atoms with Crippen LogP contribution >= 0.6 is 0 Å². The molecule has 3 rings (SSSR count). The Morgan fingerprint density at radius 1 is 1.08 bits per heavy atom. The highest BCUT2D eigenvalue weighted by molar-refractivity contribution is 5.78. The van der Waals surface area contributed by atoms with Crippen LogP contribution in [0.15, 0.2) is 66.4 Å². The standard InChI is InChI=1S/C21H16N4O/c1-26-20-10-6-5-9-19(20)21-18(11-17(12-22)13-23)15-25(24-21)14-16-7-3-2-4-8-16/h2-11,15H,14H2,1H3. The van der Waals surface area contributed by atoms with Gasteiger partial charge in [0.15, 0.2) is 0 Å². The van der Waals surface area contributed by atoms with Crippen molar-refractivity contribution in [2.24, 2.45) is 0 Å². The average molecular weight is 340 g/mol. The second kappa shape index (κ2) is 7.83. The predicted molar refractivity (Wildman–Crippen MR) is 99.0 cm³/mol. The van der Waals surface area contributed by atoms with Crippen LogP contribution in [0.5, 0.6) is 5.75 Å². The summed E-state index contributed by atoms with van der Waals surface area (Å²) in [4.78, 5) is 0. The van der Waals surface area contributed by atoms with Gasteiger partial charge in [0.2, 0.25) is 0 Å². The van der Waals surface area contributed by atoms with Gasteiger partial charge in [0, 0.05) is 17.3 Å². The van der Waals surface area contributed by atoms with Crippen molar-refractivity contribution in [3.8, 4) is 29.1 Å². The normalized spacial score (nSPS) is 9.81. The fourth-order valence-electron chi connectivity index (χ4n) is 2.69. The number of aromatic nitrogens is 2. The molecule has 0 unspecified atom stereocenters. The molecular weight excluding hydrogens is 324 g/mol. The number of rotatable bonds is 5. The summed E-state index contributed by atoms with van der Waals surface area (Å²) in [7, 11) is 1.60. The predicted octanol–water partition coefficient (Wildman–Crippen LogP) is 4.04. The number of ether oxygens (including phenoxy) is 1. The van der Waals surface area contributed by atoms with Gasteiger partial charge in [-0.25, -0.2) is 0 Å². The van der Waals surface area contributed by atoms with Crippen molar-refractivity contribution in [2.45, 2.75) is 6.54 Å². The summed E-state index contributed by atoms with van der Waals surface area (Å²) < 4.78 is 7.24. The molecule has 1 heterocycles. The summed E-state index contributed by atoms with van der Waals surface area (Å²) in [5, 5.41) is 22.9. The highest BCUT2D eigenvalue weighted by atomic mass is 16.5. The Bertz CT molecular complexity index is 1000. The molecule has 0 aliphatic rings. The zero-order valence-corrected chi connectivity index (χ0v) is 14.3. The van der Waals surface area contributed by atoms with Crippen LogP contribution in [-0.4, -0.2) is 16.9 Å². The molecular formula is C21H16N4O. The van der Waals surface area contributed by atoms with E-state index in [1.807, 2.05) is 72.9 Å². The van der Waals surface area contributed by atoms with E-state index in [9.17, 15) is 0 Å². The molecule has 0 bridgehead atoms. The third-order valence-corrected chi connectivity index (χ3v) is 3.88. The molecule has 1 aromatic heterocycles. The van der Waals surface area contributed by atoms with Crippen molar-refractivity contribution in [3.63, 3.8) is 0 Å². The molecule has 5 nitrogen and oxygen atoms in total. The fourth-order valence-corrected chi connectivity index (χ4v) is 2.69. The number of allylic oxidation sites excluding steroid dienone is 1. The van der Waals surface area contributed by atoms with E-state index in [0.29, 0.717) is 23.6 Å². The van der Waals surface area contributed by atoms with E-state index in [-0.39, 0.29) is 5.57 Å². The van der Waals surface area contributed by atoms with Crippen molar-refractivity contribution in [2.75, 3.05) is 7.11 Å². The summed E-state index contributed by atoms with van der Waals surface area (Å²) in [6.45, 7) is 0.589. The van der Waals surface area contributed by atoms with E-state index in [0.717, 1.165) is 11.1 Å². The summed E-state index contributed by atoms with van der Waals surface area (Å²) in [6, 6.07) is 21.3. The Morgan fingerprint density at radius 3 is 2.46 bits per heavy atom. The van der Waals surface area contributed by atoms with Crippen molar-refractivity contribution < 1.29 is 4.74 Å². The average Bonchev–Trinajstić information content (AvgIpc) is 3.08. The second-order valence-corrected chi connectivity index (χ2v) is 5.60. The van der Waals surface area contributed by atoms with Crippen LogP contribution in [0.1, 0.15) is 11.1 Å². The molecule has 0 amide bonds. The van der Waals surface area contributed by atoms with Gasteiger partial charge < -0.3 is 4.74 Å². The van der Waals surface area contributed by atoms with Crippen LogP contribution < -0.4 is 4.74 Å². The minimum Gasteiger partial charge on any atom is -0.496 e. The molecule has 0 saturated heterocycles. The largest absolute Gasteiger partial charge is 0.496 e. The first-order valence-corrected chi connectivity index (χ1v) is 8.02. The first-order chi connectivity index (χ1) is 12.7. The van der Waals surface area contributed by atoms with Crippen LogP contribution in [-0.2, 0) is 6.54 Å². The molecule has 5 heteroatoms. The van der Waals surface area contributed by atoms with Crippen LogP contribution in [0.25, 0.3) is 17.3 Å². The Labute approximate surface area is 152 Å². The lowest BCUT2D eigenvalue weighted by atomic mass is 10.1. The van der Waals surface area contributed by atoms with Gasteiger partial charge in [0.1, 0.15) is 29.2 Å². The fraction of sp³-hybridized carbons (Fsp3) is 0.0952. The van der Waals surface area contributed by atoms with E-state index in [4.69, 9.17) is 15.3 Å². The second-order valence-electron chi connectivity index (χ2n) is 5.60. The van der Waals surface area contributed by atoms with Crippen molar-refractivity contribution in [1.29, 1.82) is 10.5 Å². The van der Waals surface area contributed by atoms with Gasteiger partial charge in [-0.2, -0.15) is 15.6 Å². The maximum absolute atomic E-state index is 9.10. The molecule has 26 heavy (non-hydrogen) atoms. The molecule has 126 valence electrons. The van der Waals surface area contributed by atoms with Gasteiger partial charge >= 0.3 is 0 Å². The molecule has 0 atom stereocenters. The van der Waals surface area contributed by atoms with E-state index >= 15 is 0 Å². The number of methoxy groups -OCH3 is 1. The van der Waals surface area contributed by atoms with Gasteiger partial charge in [0.25, 0.3) is 0 Å². The SMILES string of the molecule is COc1ccccc1-c1nn(Cc2ccccc2)cc1C=C(C#N)C#N. The monoisotopic (exact) mass is 340 g/mol. The molecule has 0 aliphatic heterocycles. The molecule has 2 aromatic carbocycles. The maximum atomic E-state index is 9.10. The summed E-state index contributed by atoms with van der Waals surface area (Å²) >= 11 is 0. The van der Waals surface area contributed by atoms with Crippen molar-refractivity contribution in [3.05, 3.63) is 77.5 Å². The first-order valence-electron chi connectivity index (χ1n) is 8.02. The number of benzene rings is 2. The van der Waals surface area contributed by atoms with Crippen molar-refractivity contribution >= 4 is 6.08 Å². The number of nitrogens with zero attached hydrogens (tertiary/aromatic N) is 4. The molecule has 3 aromatic rings.